The van der Waals surface area contributed by atoms with E-state index in [-0.39, 0.29) is 24.1 Å². The Kier molecular flexibility index (Phi) is 6.85. The topological polar surface area (TPSA) is 68.6 Å². The predicted molar refractivity (Wildman–Crippen MR) is 105 cm³/mol. The highest BCUT2D eigenvalue weighted by atomic mass is 32.2. The normalized spacial score (nSPS) is 10.6. The van der Waals surface area contributed by atoms with E-state index >= 15 is 0 Å². The van der Waals surface area contributed by atoms with E-state index in [1.807, 2.05) is 25.5 Å². The number of carbonyl (C=O) groups excluding carboxylic acids is 3. The first-order chi connectivity index (χ1) is 12.7. The molecule has 0 aliphatic heterocycles. The van der Waals surface area contributed by atoms with Crippen molar-refractivity contribution < 1.29 is 19.1 Å². The summed E-state index contributed by atoms with van der Waals surface area (Å²) >= 11 is 1.27. The summed E-state index contributed by atoms with van der Waals surface area (Å²) in [5, 5.41) is 0. The Labute approximate surface area is 163 Å². The van der Waals surface area contributed by atoms with Crippen molar-refractivity contribution in [2.45, 2.75) is 18.7 Å². The average molecular weight is 388 g/mol. The molecule has 0 spiro atoms. The largest absolute Gasteiger partial charge is 0.454 e. The molecule has 27 heavy (non-hydrogen) atoms. The van der Waals surface area contributed by atoms with Gasteiger partial charge in [0.1, 0.15) is 0 Å². The molecular formula is C20H24N2O4S. The molecule has 144 valence electrons. The highest BCUT2D eigenvalue weighted by molar-refractivity contribution is 8.00. The van der Waals surface area contributed by atoms with E-state index in [0.717, 1.165) is 11.4 Å². The van der Waals surface area contributed by atoms with Crippen LogP contribution in [0.1, 0.15) is 32.1 Å². The molecule has 0 radical (unpaired) electrons. The molecule has 1 aromatic carbocycles. The van der Waals surface area contributed by atoms with Crippen LogP contribution < -0.4 is 0 Å². The van der Waals surface area contributed by atoms with Gasteiger partial charge in [-0.25, -0.2) is 4.79 Å². The maximum absolute atomic E-state index is 12.4. The number of esters is 1. The van der Waals surface area contributed by atoms with Crippen molar-refractivity contribution in [1.29, 1.82) is 0 Å². The number of aromatic nitrogens is 1. The lowest BCUT2D eigenvalue weighted by molar-refractivity contribution is -0.125. The van der Waals surface area contributed by atoms with Gasteiger partial charge >= 0.3 is 5.97 Å². The average Bonchev–Trinajstić information content (AvgIpc) is 2.91. The van der Waals surface area contributed by atoms with Crippen LogP contribution in [-0.4, -0.2) is 53.6 Å². The fourth-order valence-corrected chi connectivity index (χ4v) is 3.47. The van der Waals surface area contributed by atoms with Crippen LogP contribution in [0.2, 0.25) is 0 Å². The third-order valence-corrected chi connectivity index (χ3v) is 5.43. The Hall–Kier alpha value is -2.54. The Morgan fingerprint density at radius 1 is 1.11 bits per heavy atom. The lowest BCUT2D eigenvalue weighted by Gasteiger charge is -2.11. The molecule has 1 heterocycles. The Bertz CT molecular complexity index is 871. The lowest BCUT2D eigenvalue weighted by atomic mass is 10.1. The van der Waals surface area contributed by atoms with Crippen molar-refractivity contribution in [3.8, 4) is 0 Å². The molecule has 2 rings (SSSR count). The van der Waals surface area contributed by atoms with Gasteiger partial charge in [0, 0.05) is 43.0 Å². The molecule has 2 aromatic rings. The lowest BCUT2D eigenvalue weighted by Crippen LogP contribution is -2.23. The van der Waals surface area contributed by atoms with E-state index < -0.39 is 5.97 Å². The minimum atomic E-state index is -0.575. The van der Waals surface area contributed by atoms with E-state index in [1.165, 1.54) is 16.7 Å². The summed E-state index contributed by atoms with van der Waals surface area (Å²) in [6, 6.07) is 8.70. The number of rotatable bonds is 7. The monoisotopic (exact) mass is 388 g/mol. The third-order valence-electron chi connectivity index (χ3n) is 4.37. The number of Topliss-reactive ketones (excluding diaryl/α,β-unsaturated/α-hetero) is 1. The smallest absolute Gasteiger partial charge is 0.339 e. The minimum absolute atomic E-state index is 0.0479. The molecule has 0 saturated heterocycles. The molecule has 0 saturated carbocycles. The van der Waals surface area contributed by atoms with Crippen molar-refractivity contribution in [2.75, 3.05) is 26.5 Å². The zero-order valence-electron chi connectivity index (χ0n) is 16.2. The number of hydrogen-bond acceptors (Lipinski definition) is 5. The van der Waals surface area contributed by atoms with Gasteiger partial charge in [0.25, 0.3) is 0 Å². The summed E-state index contributed by atoms with van der Waals surface area (Å²) in [5.41, 5.74) is 2.71. The maximum Gasteiger partial charge on any atom is 0.339 e. The van der Waals surface area contributed by atoms with Crippen molar-refractivity contribution in [3.05, 3.63) is 52.8 Å². The number of thioether (sulfide) groups is 1. The zero-order chi connectivity index (χ0) is 20.1. The molecule has 0 atom stereocenters. The molecule has 1 amide bonds. The summed E-state index contributed by atoms with van der Waals surface area (Å²) in [6.45, 7) is 3.45. The summed E-state index contributed by atoms with van der Waals surface area (Å²) < 4.78 is 7.16. The number of hydrogen-bond donors (Lipinski definition) is 0. The zero-order valence-corrected chi connectivity index (χ0v) is 17.1. The number of benzene rings is 1. The summed E-state index contributed by atoms with van der Waals surface area (Å²) in [7, 11) is 5.25. The van der Waals surface area contributed by atoms with Gasteiger partial charge in [0.2, 0.25) is 11.7 Å². The first-order valence-electron chi connectivity index (χ1n) is 8.47. The Balaban J connectivity index is 2.04. The molecule has 6 nitrogen and oxygen atoms in total. The number of aryl methyl sites for hydroxylation is 1. The van der Waals surface area contributed by atoms with Crippen molar-refractivity contribution in [1.82, 2.24) is 9.47 Å². The van der Waals surface area contributed by atoms with Crippen LogP contribution in [-0.2, 0) is 16.6 Å². The van der Waals surface area contributed by atoms with E-state index in [4.69, 9.17) is 4.74 Å². The van der Waals surface area contributed by atoms with Crippen LogP contribution in [0.5, 0.6) is 0 Å². The molecule has 0 aliphatic carbocycles. The van der Waals surface area contributed by atoms with Gasteiger partial charge in [0.05, 0.1) is 11.3 Å². The van der Waals surface area contributed by atoms with Gasteiger partial charge in [-0.3, -0.25) is 9.59 Å². The maximum atomic E-state index is 12.4. The fraction of sp³-hybridized carbons (Fsp3) is 0.350. The van der Waals surface area contributed by atoms with Gasteiger partial charge in [-0.15, -0.1) is 11.8 Å². The predicted octanol–water partition coefficient (Wildman–Crippen LogP) is 2.86. The SMILES string of the molecule is Cc1cc(C(=O)COC(=O)c2ccccc2SCC(=O)N(C)C)c(C)n1C. The summed E-state index contributed by atoms with van der Waals surface area (Å²) in [4.78, 5) is 38.8. The molecule has 0 fully saturated rings. The molecular weight excluding hydrogens is 364 g/mol. The van der Waals surface area contributed by atoms with Crippen LogP contribution >= 0.6 is 11.8 Å². The van der Waals surface area contributed by atoms with Crippen LogP contribution in [0.3, 0.4) is 0 Å². The second kappa shape index (κ2) is 8.90. The first kappa shape index (κ1) is 20.8. The number of nitrogens with zero attached hydrogens (tertiary/aromatic N) is 2. The number of ether oxygens (including phenoxy) is 1. The highest BCUT2D eigenvalue weighted by Crippen LogP contribution is 2.24. The Morgan fingerprint density at radius 3 is 2.37 bits per heavy atom. The second-order valence-corrected chi connectivity index (χ2v) is 7.43. The third kappa shape index (κ3) is 5.01. The summed E-state index contributed by atoms with van der Waals surface area (Å²) in [5.74, 6) is -0.640. The van der Waals surface area contributed by atoms with Crippen LogP contribution in [0.15, 0.2) is 35.2 Å². The second-order valence-electron chi connectivity index (χ2n) is 6.42. The molecule has 7 heteroatoms. The standard InChI is InChI=1S/C20H24N2O4S/c1-13-10-16(14(2)22(13)5)17(23)11-26-20(25)15-8-6-7-9-18(15)27-12-19(24)21(3)4/h6-10H,11-12H2,1-5H3. The number of carbonyl (C=O) groups is 3. The number of ketones is 1. The van der Waals surface area contributed by atoms with Gasteiger partial charge in [-0.1, -0.05) is 12.1 Å². The first-order valence-corrected chi connectivity index (χ1v) is 9.46. The quantitative estimate of drug-likeness (QED) is 0.414. The number of amides is 1. The van der Waals surface area contributed by atoms with E-state index in [1.54, 1.807) is 44.4 Å². The Morgan fingerprint density at radius 2 is 1.78 bits per heavy atom. The highest BCUT2D eigenvalue weighted by Gasteiger charge is 2.19. The van der Waals surface area contributed by atoms with Gasteiger partial charge in [-0.05, 0) is 32.0 Å². The van der Waals surface area contributed by atoms with Gasteiger partial charge < -0.3 is 14.2 Å². The molecule has 0 unspecified atom stereocenters. The minimum Gasteiger partial charge on any atom is -0.454 e. The molecule has 0 N–H and O–H groups in total. The molecule has 0 aliphatic rings. The molecule has 0 bridgehead atoms. The van der Waals surface area contributed by atoms with Gasteiger partial charge in [-0.2, -0.15) is 0 Å². The van der Waals surface area contributed by atoms with Crippen molar-refractivity contribution in [3.63, 3.8) is 0 Å². The van der Waals surface area contributed by atoms with E-state index in [2.05, 4.69) is 0 Å². The van der Waals surface area contributed by atoms with E-state index in [0.29, 0.717) is 16.0 Å². The van der Waals surface area contributed by atoms with Crippen LogP contribution in [0, 0.1) is 13.8 Å². The van der Waals surface area contributed by atoms with E-state index in [9.17, 15) is 14.4 Å². The van der Waals surface area contributed by atoms with Crippen LogP contribution in [0.4, 0.5) is 0 Å². The fourth-order valence-electron chi connectivity index (χ4n) is 2.45. The van der Waals surface area contributed by atoms with Gasteiger partial charge in [0.15, 0.2) is 6.61 Å². The van der Waals surface area contributed by atoms with Crippen molar-refractivity contribution in [2.24, 2.45) is 7.05 Å². The van der Waals surface area contributed by atoms with Crippen LogP contribution in [0.25, 0.3) is 0 Å². The molecule has 1 aromatic heterocycles. The van der Waals surface area contributed by atoms with Crippen molar-refractivity contribution >= 4 is 29.4 Å². The summed E-state index contributed by atoms with van der Waals surface area (Å²) in [6.07, 6.45) is 0.